The van der Waals surface area contributed by atoms with Crippen molar-refractivity contribution >= 4 is 46.2 Å². The Kier molecular flexibility index (Phi) is 11.4. The van der Waals surface area contributed by atoms with Gasteiger partial charge in [-0.15, -0.1) is 0 Å². The molecule has 0 N–H and O–H groups in total. The smallest absolute Gasteiger partial charge is 0.327 e. The Morgan fingerprint density at radius 1 is 0.315 bits per heavy atom. The van der Waals surface area contributed by atoms with Crippen LogP contribution in [0.1, 0.15) is 11.1 Å². The molecule has 6 aromatic rings. The number of carbonyl (C=O) groups is 2. The number of anilines is 6. The summed E-state index contributed by atoms with van der Waals surface area (Å²) in [6, 6.07) is 53.9. The van der Waals surface area contributed by atoms with Crippen LogP contribution >= 0.6 is 0 Å². The fraction of sp³-hybridized carbons (Fsp3) is 0.130. The van der Waals surface area contributed by atoms with Crippen molar-refractivity contribution in [2.45, 2.75) is 13.8 Å². The number of rotatable bonds is 10. The zero-order valence-electron chi connectivity index (χ0n) is 31.7. The van der Waals surface area contributed by atoms with Gasteiger partial charge in [-0.3, -0.25) is 9.80 Å². The molecule has 0 atom stereocenters. The third kappa shape index (κ3) is 7.98. The van der Waals surface area contributed by atoms with Crippen molar-refractivity contribution < 1.29 is 9.59 Å². The molecule has 0 fully saturated rings. The lowest BCUT2D eigenvalue weighted by atomic mass is 10.2. The highest BCUT2D eigenvalue weighted by atomic mass is 16.2. The van der Waals surface area contributed by atoms with Crippen LogP contribution in [0.5, 0.6) is 0 Å². The minimum Gasteiger partial charge on any atom is -0.327 e. The van der Waals surface area contributed by atoms with Crippen molar-refractivity contribution in [2.75, 3.05) is 57.6 Å². The number of hydrogen-bond acceptors (Lipinski definition) is 4. The van der Waals surface area contributed by atoms with Crippen LogP contribution in [0.2, 0.25) is 0 Å². The van der Waals surface area contributed by atoms with E-state index in [0.717, 1.165) is 33.9 Å². The highest BCUT2D eigenvalue weighted by Gasteiger charge is 2.37. The van der Waals surface area contributed by atoms with E-state index in [0.29, 0.717) is 23.0 Å². The van der Waals surface area contributed by atoms with Gasteiger partial charge in [-0.05, 0) is 86.6 Å². The Hall–Kier alpha value is -6.80. The molecule has 8 nitrogen and oxygen atoms in total. The van der Waals surface area contributed by atoms with Gasteiger partial charge in [-0.2, -0.15) is 0 Å². The van der Waals surface area contributed by atoms with E-state index in [4.69, 9.17) is 0 Å². The molecule has 54 heavy (non-hydrogen) atoms. The maximum Gasteiger partial charge on any atom is 0.334 e. The zero-order valence-corrected chi connectivity index (χ0v) is 31.7. The molecule has 0 unspecified atom stereocenters. The summed E-state index contributed by atoms with van der Waals surface area (Å²) in [6.07, 6.45) is 0. The van der Waals surface area contributed by atoms with E-state index in [1.165, 1.54) is 0 Å². The third-order valence-corrected chi connectivity index (χ3v) is 9.37. The molecular formula is C46H46N6O2. The van der Waals surface area contributed by atoms with Gasteiger partial charge in [-0.25, -0.2) is 19.4 Å². The largest absolute Gasteiger partial charge is 0.334 e. The van der Waals surface area contributed by atoms with Gasteiger partial charge in [0, 0.05) is 50.9 Å². The molecule has 0 aliphatic heterocycles. The molecule has 6 aromatic carbocycles. The number of hydrogen-bond donors (Lipinski definition) is 0. The van der Waals surface area contributed by atoms with Crippen LogP contribution in [0.3, 0.4) is 0 Å². The second-order valence-corrected chi connectivity index (χ2v) is 13.1. The van der Waals surface area contributed by atoms with Gasteiger partial charge >= 0.3 is 12.1 Å². The fourth-order valence-electron chi connectivity index (χ4n) is 6.21. The molecule has 0 saturated carbocycles. The molecule has 4 amide bonds. The predicted molar refractivity (Wildman–Crippen MR) is 225 cm³/mol. The quantitative estimate of drug-likeness (QED) is 0.142. The van der Waals surface area contributed by atoms with Crippen molar-refractivity contribution in [3.05, 3.63) is 193 Å². The fourth-order valence-corrected chi connectivity index (χ4v) is 6.21. The first-order valence-corrected chi connectivity index (χ1v) is 17.9. The van der Waals surface area contributed by atoms with Gasteiger partial charge in [0.25, 0.3) is 0 Å². The summed E-state index contributed by atoms with van der Waals surface area (Å²) in [6.45, 7) is 4.04. The van der Waals surface area contributed by atoms with E-state index in [2.05, 4.69) is 0 Å². The molecule has 8 heteroatoms. The number of urea groups is 2. The Morgan fingerprint density at radius 3 is 0.815 bits per heavy atom. The van der Waals surface area contributed by atoms with E-state index >= 15 is 9.59 Å². The van der Waals surface area contributed by atoms with E-state index in [1.54, 1.807) is 33.7 Å². The van der Waals surface area contributed by atoms with Crippen LogP contribution in [-0.4, -0.2) is 40.3 Å². The monoisotopic (exact) mass is 714 g/mol. The van der Waals surface area contributed by atoms with Crippen LogP contribution in [0.4, 0.5) is 43.7 Å². The highest BCUT2D eigenvalue weighted by molar-refractivity contribution is 6.09. The van der Waals surface area contributed by atoms with Gasteiger partial charge in [0.15, 0.2) is 11.6 Å². The van der Waals surface area contributed by atoms with E-state index in [1.807, 2.05) is 208 Å². The highest BCUT2D eigenvalue weighted by Crippen LogP contribution is 2.36. The Morgan fingerprint density at radius 2 is 0.556 bits per heavy atom. The van der Waals surface area contributed by atoms with E-state index in [9.17, 15) is 0 Å². The first-order chi connectivity index (χ1) is 26.2. The summed E-state index contributed by atoms with van der Waals surface area (Å²) in [5, 5.41) is 0. The first-order valence-electron chi connectivity index (χ1n) is 17.9. The van der Waals surface area contributed by atoms with Crippen molar-refractivity contribution in [3.8, 4) is 0 Å². The summed E-state index contributed by atoms with van der Waals surface area (Å²) in [5.74, 6) is 0.888. The Labute approximate surface area is 319 Å². The van der Waals surface area contributed by atoms with Crippen LogP contribution < -0.4 is 29.4 Å². The van der Waals surface area contributed by atoms with Crippen LogP contribution in [-0.2, 0) is 0 Å². The van der Waals surface area contributed by atoms with E-state index in [-0.39, 0.29) is 12.1 Å². The van der Waals surface area contributed by atoms with Crippen molar-refractivity contribution in [3.63, 3.8) is 0 Å². The molecule has 0 heterocycles. The summed E-state index contributed by atoms with van der Waals surface area (Å²) < 4.78 is 0. The second kappa shape index (κ2) is 16.7. The molecule has 0 spiro atoms. The SMILES string of the molecule is Cc1ccc(N(C(=O)N(C)c2ccccc2)/C(=C(/N(C)c2ccccc2)N(C(=O)N(C)c2ccccc2)c2ccc(C)cc2)N(C)c2ccccc2)cc1. The van der Waals surface area contributed by atoms with Crippen LogP contribution in [0, 0.1) is 13.8 Å². The molecule has 0 radical (unpaired) electrons. The number of para-hydroxylation sites is 4. The van der Waals surface area contributed by atoms with Gasteiger partial charge in [0.2, 0.25) is 0 Å². The predicted octanol–water partition coefficient (Wildman–Crippen LogP) is 10.5. The third-order valence-electron chi connectivity index (χ3n) is 9.37. The van der Waals surface area contributed by atoms with Gasteiger partial charge in [0.05, 0.1) is 11.4 Å². The van der Waals surface area contributed by atoms with Crippen LogP contribution in [0.25, 0.3) is 0 Å². The molecule has 0 aromatic heterocycles. The number of aryl methyl sites for hydroxylation is 2. The van der Waals surface area contributed by atoms with Gasteiger partial charge < -0.3 is 9.80 Å². The average Bonchev–Trinajstić information content (AvgIpc) is 3.23. The van der Waals surface area contributed by atoms with Crippen molar-refractivity contribution in [1.29, 1.82) is 0 Å². The summed E-state index contributed by atoms with van der Waals surface area (Å²) in [4.78, 5) is 41.3. The molecule has 272 valence electrons. The lowest BCUT2D eigenvalue weighted by Crippen LogP contribution is -2.52. The van der Waals surface area contributed by atoms with Crippen molar-refractivity contribution in [2.24, 2.45) is 0 Å². The maximum absolute atomic E-state index is 15.4. The standard InChI is InChI=1S/C46H46N6O2/c1-35-27-31-41(32-28-35)51(45(53)49(5)39-23-15-9-16-24-39)43(47(3)37-19-11-7-12-20-37)44(48(4)38-21-13-8-14-22-38)52(42-33-29-36(2)30-34-42)46(54)50(6)40-25-17-10-18-26-40/h7-34H,1-6H3/b44-43-. The van der Waals surface area contributed by atoms with Gasteiger partial charge in [-0.1, -0.05) is 108 Å². The molecular weight excluding hydrogens is 669 g/mol. The lowest BCUT2D eigenvalue weighted by Gasteiger charge is -2.42. The van der Waals surface area contributed by atoms with Gasteiger partial charge in [0.1, 0.15) is 0 Å². The van der Waals surface area contributed by atoms with Crippen LogP contribution in [0.15, 0.2) is 182 Å². The second-order valence-electron chi connectivity index (χ2n) is 13.1. The first kappa shape index (κ1) is 37.0. The lowest BCUT2D eigenvalue weighted by molar-refractivity contribution is 0.252. The minimum atomic E-state index is -0.325. The Bertz CT molecular complexity index is 2020. The summed E-state index contributed by atoms with van der Waals surface area (Å²) in [7, 11) is 7.40. The van der Waals surface area contributed by atoms with E-state index < -0.39 is 0 Å². The number of nitrogens with zero attached hydrogens (tertiary/aromatic N) is 6. The zero-order chi connectivity index (χ0) is 38.2. The average molecular weight is 715 g/mol. The molecule has 0 aliphatic rings. The number of amides is 4. The summed E-state index contributed by atoms with van der Waals surface area (Å²) >= 11 is 0. The normalized spacial score (nSPS) is 11.2. The molecule has 0 saturated heterocycles. The Balaban J connectivity index is 1.75. The molecule has 6 rings (SSSR count). The summed E-state index contributed by atoms with van der Waals surface area (Å²) in [5.41, 5.74) is 6.40. The number of benzene rings is 6. The molecule has 0 bridgehead atoms. The van der Waals surface area contributed by atoms with Crippen molar-refractivity contribution in [1.82, 2.24) is 0 Å². The maximum atomic E-state index is 15.4. The topological polar surface area (TPSA) is 53.6 Å². The molecule has 0 aliphatic carbocycles. The number of carbonyl (C=O) groups excluding carboxylic acids is 2. The minimum absolute atomic E-state index is 0.325.